The van der Waals surface area contributed by atoms with E-state index in [1.54, 1.807) is 0 Å². The van der Waals surface area contributed by atoms with Crippen molar-refractivity contribution < 1.29 is 19.4 Å². The van der Waals surface area contributed by atoms with Crippen LogP contribution >= 0.6 is 11.6 Å². The van der Waals surface area contributed by atoms with Crippen LogP contribution < -0.4 is 4.74 Å². The number of H-pyrrole nitrogens is 1. The fourth-order valence-corrected chi connectivity index (χ4v) is 6.40. The van der Waals surface area contributed by atoms with Gasteiger partial charge in [0.2, 0.25) is 0 Å². The first-order chi connectivity index (χ1) is 17.6. The fourth-order valence-electron chi connectivity index (χ4n) is 6.20. The topological polar surface area (TPSA) is 87.7 Å². The van der Waals surface area contributed by atoms with E-state index in [1.165, 1.54) is 4.90 Å². The molecule has 2 atom stereocenters. The van der Waals surface area contributed by atoms with Gasteiger partial charge in [0.15, 0.2) is 0 Å². The number of likely N-dealkylation sites (tertiary alicyclic amines) is 1. The molecule has 2 aliphatic rings. The van der Waals surface area contributed by atoms with E-state index in [4.69, 9.17) is 26.1 Å². The number of hydrogen-bond acceptors (Lipinski definition) is 4. The Hall–Kier alpha value is -3.29. The molecule has 0 aliphatic carbocycles. The minimum Gasteiger partial charge on any atom is -0.488 e. The van der Waals surface area contributed by atoms with Crippen molar-refractivity contribution in [3.05, 3.63) is 58.9 Å². The molecule has 4 aromatic rings. The van der Waals surface area contributed by atoms with Gasteiger partial charge in [-0.1, -0.05) is 44.5 Å². The monoisotopic (exact) mass is 519 g/mol. The molecule has 1 fully saturated rings. The average Bonchev–Trinajstić information content (AvgIpc) is 3.45. The van der Waals surface area contributed by atoms with Crippen LogP contribution in [0, 0.1) is 5.41 Å². The van der Waals surface area contributed by atoms with Gasteiger partial charge in [-0.3, -0.25) is 4.90 Å². The van der Waals surface area contributed by atoms with Crippen LogP contribution in [0.5, 0.6) is 5.75 Å². The number of amides is 1. The Morgan fingerprint density at radius 1 is 1.24 bits per heavy atom. The van der Waals surface area contributed by atoms with Crippen LogP contribution in [0.3, 0.4) is 0 Å². The highest BCUT2D eigenvalue weighted by Gasteiger charge is 2.58. The predicted octanol–water partition coefficient (Wildman–Crippen LogP) is 6.96. The molecule has 1 aromatic heterocycles. The number of rotatable bonds is 3. The zero-order valence-electron chi connectivity index (χ0n) is 21.4. The van der Waals surface area contributed by atoms with Crippen LogP contribution in [-0.4, -0.2) is 45.3 Å². The summed E-state index contributed by atoms with van der Waals surface area (Å²) in [4.78, 5) is 22.6. The second kappa shape index (κ2) is 8.36. The van der Waals surface area contributed by atoms with Gasteiger partial charge in [-0.15, -0.1) is 0 Å². The highest BCUT2D eigenvalue weighted by Crippen LogP contribution is 2.52. The summed E-state index contributed by atoms with van der Waals surface area (Å²) in [5.41, 5.74) is 3.57. The summed E-state index contributed by atoms with van der Waals surface area (Å²) >= 11 is 6.21. The lowest BCUT2D eigenvalue weighted by Crippen LogP contribution is -2.53. The summed E-state index contributed by atoms with van der Waals surface area (Å²) in [6.45, 7) is 9.43. The second-order valence-corrected chi connectivity index (χ2v) is 11.4. The van der Waals surface area contributed by atoms with Crippen molar-refractivity contribution in [1.29, 1.82) is 0 Å². The SMILES string of the molecule is CCO[C@@H]1CN(C(=O)O)[C@](c2nc3ccc4cc5c(cc4c3[nH]2)OCc2cc(Cl)ccc2-5)(C(C)(C)C)C1. The van der Waals surface area contributed by atoms with Gasteiger partial charge in [-0.25, -0.2) is 9.78 Å². The molecular formula is C29H30ClN3O4. The third-order valence-electron chi connectivity index (χ3n) is 7.95. The van der Waals surface area contributed by atoms with Gasteiger partial charge in [0.1, 0.15) is 23.7 Å². The molecule has 0 spiro atoms. The number of ether oxygens (including phenoxy) is 2. The number of nitrogens with one attached hydrogen (secondary N) is 1. The van der Waals surface area contributed by atoms with E-state index in [1.807, 2.05) is 31.2 Å². The van der Waals surface area contributed by atoms with Crippen molar-refractivity contribution in [2.24, 2.45) is 5.41 Å². The maximum atomic E-state index is 12.5. The Morgan fingerprint density at radius 2 is 2.05 bits per heavy atom. The van der Waals surface area contributed by atoms with Crippen LogP contribution in [0.2, 0.25) is 5.02 Å². The van der Waals surface area contributed by atoms with Crippen LogP contribution in [-0.2, 0) is 16.9 Å². The molecule has 192 valence electrons. The minimum absolute atomic E-state index is 0.195. The van der Waals surface area contributed by atoms with Crippen molar-refractivity contribution >= 4 is 39.5 Å². The molecule has 8 heteroatoms. The molecule has 7 nitrogen and oxygen atoms in total. The smallest absolute Gasteiger partial charge is 0.408 e. The molecule has 0 saturated carbocycles. The third-order valence-corrected chi connectivity index (χ3v) is 8.19. The molecule has 1 saturated heterocycles. The number of imidazole rings is 1. The van der Waals surface area contributed by atoms with Gasteiger partial charge in [0.05, 0.1) is 23.7 Å². The van der Waals surface area contributed by atoms with Gasteiger partial charge in [0, 0.05) is 29.0 Å². The zero-order valence-corrected chi connectivity index (χ0v) is 22.1. The number of aromatic amines is 1. The summed E-state index contributed by atoms with van der Waals surface area (Å²) in [5, 5.41) is 13.0. The summed E-state index contributed by atoms with van der Waals surface area (Å²) in [6, 6.07) is 14.1. The zero-order chi connectivity index (χ0) is 26.1. The van der Waals surface area contributed by atoms with E-state index in [0.29, 0.717) is 37.0 Å². The molecule has 0 unspecified atom stereocenters. The summed E-state index contributed by atoms with van der Waals surface area (Å²) in [5.74, 6) is 1.45. The molecule has 6 rings (SSSR count). The molecule has 37 heavy (non-hydrogen) atoms. The van der Waals surface area contributed by atoms with Gasteiger partial charge in [-0.2, -0.15) is 0 Å². The van der Waals surface area contributed by atoms with Crippen LogP contribution in [0.1, 0.15) is 45.5 Å². The van der Waals surface area contributed by atoms with Crippen LogP contribution in [0.15, 0.2) is 42.5 Å². The molecule has 2 aliphatic heterocycles. The predicted molar refractivity (Wildman–Crippen MR) is 144 cm³/mol. The summed E-state index contributed by atoms with van der Waals surface area (Å²) in [6.07, 6.45) is -0.630. The molecular weight excluding hydrogens is 490 g/mol. The van der Waals surface area contributed by atoms with E-state index in [-0.39, 0.29) is 6.10 Å². The first-order valence-electron chi connectivity index (χ1n) is 12.6. The standard InChI is InChI=1S/C29H30ClN3O4/c1-5-36-19-13-29(28(2,3)4,33(14-19)27(34)35)26-31-23-9-6-16-11-22-20-8-7-18(30)10-17(20)15-37-24(22)12-21(16)25(23)32-26/h6-12,19H,5,13-15H2,1-4H3,(H,31,32)(H,34,35)/t19-,29+/m0/s1. The molecule has 3 aromatic carbocycles. The Labute approximate surface area is 220 Å². The lowest BCUT2D eigenvalue weighted by Gasteiger charge is -2.45. The first-order valence-corrected chi connectivity index (χ1v) is 13.0. The number of nitrogens with zero attached hydrogens (tertiary/aromatic N) is 2. The Bertz CT molecular complexity index is 1560. The molecule has 2 N–H and O–H groups in total. The summed E-state index contributed by atoms with van der Waals surface area (Å²) < 4.78 is 12.1. The molecule has 3 heterocycles. The van der Waals surface area contributed by atoms with Crippen molar-refractivity contribution in [2.45, 2.75) is 52.4 Å². The number of hydrogen-bond donors (Lipinski definition) is 2. The Kier molecular flexibility index (Phi) is 5.44. The number of carboxylic acid groups (broad SMARTS) is 1. The number of halogens is 1. The first kappa shape index (κ1) is 24.1. The lowest BCUT2D eigenvalue weighted by atomic mass is 9.71. The Balaban J connectivity index is 1.54. The minimum atomic E-state index is -0.969. The molecule has 0 bridgehead atoms. The maximum Gasteiger partial charge on any atom is 0.408 e. The van der Waals surface area contributed by atoms with E-state index >= 15 is 0 Å². The second-order valence-electron chi connectivity index (χ2n) is 11.0. The van der Waals surface area contributed by atoms with Gasteiger partial charge >= 0.3 is 6.09 Å². The van der Waals surface area contributed by atoms with Crippen molar-refractivity contribution in [1.82, 2.24) is 14.9 Å². The van der Waals surface area contributed by atoms with Crippen LogP contribution in [0.4, 0.5) is 4.79 Å². The van der Waals surface area contributed by atoms with Gasteiger partial charge in [-0.05, 0) is 59.2 Å². The largest absolute Gasteiger partial charge is 0.488 e. The fraction of sp³-hybridized carbons (Fsp3) is 0.379. The van der Waals surface area contributed by atoms with Crippen molar-refractivity contribution in [2.75, 3.05) is 13.2 Å². The van der Waals surface area contributed by atoms with Gasteiger partial charge < -0.3 is 19.6 Å². The van der Waals surface area contributed by atoms with E-state index in [0.717, 1.165) is 44.2 Å². The number of benzene rings is 3. The maximum absolute atomic E-state index is 12.5. The number of aromatic nitrogens is 2. The normalized spacial score (nSPS) is 21.2. The number of carbonyl (C=O) groups is 1. The van der Waals surface area contributed by atoms with E-state index < -0.39 is 17.0 Å². The van der Waals surface area contributed by atoms with Crippen molar-refractivity contribution in [3.8, 4) is 16.9 Å². The lowest BCUT2D eigenvalue weighted by molar-refractivity contribution is 0.0200. The van der Waals surface area contributed by atoms with Crippen molar-refractivity contribution in [3.63, 3.8) is 0 Å². The molecule has 1 amide bonds. The summed E-state index contributed by atoms with van der Waals surface area (Å²) in [7, 11) is 0. The van der Waals surface area contributed by atoms with Crippen LogP contribution in [0.25, 0.3) is 32.9 Å². The average molecular weight is 520 g/mol. The highest BCUT2D eigenvalue weighted by atomic mass is 35.5. The van der Waals surface area contributed by atoms with E-state index in [9.17, 15) is 9.90 Å². The van der Waals surface area contributed by atoms with Gasteiger partial charge in [0.25, 0.3) is 0 Å². The highest BCUT2D eigenvalue weighted by molar-refractivity contribution is 6.30. The van der Waals surface area contributed by atoms with E-state index in [2.05, 4.69) is 44.0 Å². The molecule has 0 radical (unpaired) electrons. The number of fused-ring (bicyclic) bond motifs is 6. The third kappa shape index (κ3) is 3.59. The quantitative estimate of drug-likeness (QED) is 0.305. The Morgan fingerprint density at radius 3 is 2.78 bits per heavy atom.